The van der Waals surface area contributed by atoms with E-state index in [2.05, 4.69) is 46.5 Å². The first-order valence-electron chi connectivity index (χ1n) is 11.2. The number of nitrogens with zero attached hydrogens (tertiary/aromatic N) is 4. The highest BCUT2D eigenvalue weighted by atomic mass is 16.5. The molecule has 1 aliphatic heterocycles. The van der Waals surface area contributed by atoms with Crippen molar-refractivity contribution in [1.82, 2.24) is 4.90 Å². The molecule has 1 heterocycles. The van der Waals surface area contributed by atoms with Gasteiger partial charge in [0, 0.05) is 45.8 Å². The largest absolute Gasteiger partial charge is 0.496 e. The summed E-state index contributed by atoms with van der Waals surface area (Å²) in [6, 6.07) is 11.6. The van der Waals surface area contributed by atoms with E-state index in [0.717, 1.165) is 31.0 Å². The van der Waals surface area contributed by atoms with Gasteiger partial charge in [-0.3, -0.25) is 9.69 Å². The van der Waals surface area contributed by atoms with E-state index in [1.165, 1.54) is 12.1 Å². The maximum atomic E-state index is 13.2. The van der Waals surface area contributed by atoms with Gasteiger partial charge in [-0.2, -0.15) is 0 Å². The molecule has 1 unspecified atom stereocenters. The Hall–Kier alpha value is -3.33. The number of hydrogen-bond donors (Lipinski definition) is 2. The number of amides is 1. The lowest BCUT2D eigenvalue weighted by Gasteiger charge is -2.43. The van der Waals surface area contributed by atoms with Crippen molar-refractivity contribution in [3.63, 3.8) is 0 Å². The second kappa shape index (κ2) is 10.5. The molecule has 0 spiro atoms. The van der Waals surface area contributed by atoms with E-state index < -0.39 is 0 Å². The third-order valence-corrected chi connectivity index (χ3v) is 6.15. The molecule has 1 saturated heterocycles. The molecule has 1 fully saturated rings. The highest BCUT2D eigenvalue weighted by Crippen LogP contribution is 2.39. The molecule has 3 rings (SSSR count). The molecule has 0 aliphatic carbocycles. The minimum Gasteiger partial charge on any atom is -0.496 e. The van der Waals surface area contributed by atoms with Crippen LogP contribution in [0.4, 0.5) is 22.7 Å². The van der Waals surface area contributed by atoms with Gasteiger partial charge in [0.1, 0.15) is 5.75 Å². The molecule has 2 aromatic rings. The van der Waals surface area contributed by atoms with Gasteiger partial charge in [-0.15, -0.1) is 4.91 Å². The van der Waals surface area contributed by atoms with Crippen molar-refractivity contribution < 1.29 is 9.53 Å². The van der Waals surface area contributed by atoms with Gasteiger partial charge >= 0.3 is 0 Å². The van der Waals surface area contributed by atoms with Crippen LogP contribution in [0.5, 0.6) is 5.75 Å². The van der Waals surface area contributed by atoms with Crippen molar-refractivity contribution in [3.8, 4) is 5.75 Å². The first kappa shape index (κ1) is 24.3. The fourth-order valence-electron chi connectivity index (χ4n) is 4.26. The highest BCUT2D eigenvalue weighted by Gasteiger charge is 2.28. The number of nitrogens with one attached hydrogen (secondary N) is 2. The summed E-state index contributed by atoms with van der Waals surface area (Å²) in [7, 11) is 4.92. The van der Waals surface area contributed by atoms with Gasteiger partial charge in [-0.25, -0.2) is 5.01 Å². The van der Waals surface area contributed by atoms with Crippen LogP contribution in [-0.2, 0) is 0 Å². The molecule has 9 heteroatoms. The summed E-state index contributed by atoms with van der Waals surface area (Å²) in [5, 5.41) is 10.5. The Morgan fingerprint density at radius 1 is 1.21 bits per heavy atom. The van der Waals surface area contributed by atoms with Gasteiger partial charge in [0.15, 0.2) is 0 Å². The summed E-state index contributed by atoms with van der Waals surface area (Å²) in [5.74, 6) is 0.209. The summed E-state index contributed by atoms with van der Waals surface area (Å²) in [6.45, 7) is 9.26. The van der Waals surface area contributed by atoms with Gasteiger partial charge in [-0.05, 0) is 45.0 Å². The van der Waals surface area contributed by atoms with Crippen LogP contribution in [0, 0.1) is 4.91 Å². The Morgan fingerprint density at radius 2 is 1.94 bits per heavy atom. The number of rotatable bonds is 8. The zero-order valence-electron chi connectivity index (χ0n) is 20.3. The van der Waals surface area contributed by atoms with Crippen molar-refractivity contribution in [1.29, 1.82) is 0 Å². The molecular weight excluding hydrogens is 420 g/mol. The first-order chi connectivity index (χ1) is 15.8. The molecule has 33 heavy (non-hydrogen) atoms. The lowest BCUT2D eigenvalue weighted by Crippen LogP contribution is -2.54. The molecule has 2 N–H and O–H groups in total. The Morgan fingerprint density at radius 3 is 2.55 bits per heavy atom. The van der Waals surface area contributed by atoms with Crippen molar-refractivity contribution in [3.05, 3.63) is 46.9 Å². The topological polar surface area (TPSA) is 89.5 Å². The van der Waals surface area contributed by atoms with Crippen molar-refractivity contribution in [2.24, 2.45) is 5.29 Å². The molecule has 0 bridgehead atoms. The molecule has 0 aromatic heterocycles. The van der Waals surface area contributed by atoms with Crippen LogP contribution in [0.25, 0.3) is 0 Å². The van der Waals surface area contributed by atoms with Gasteiger partial charge in [0.05, 0.1) is 40.7 Å². The molecule has 0 saturated carbocycles. The van der Waals surface area contributed by atoms with E-state index in [9.17, 15) is 9.70 Å². The molecule has 1 atom stereocenters. The molecule has 178 valence electrons. The Bertz CT molecular complexity index is 996. The number of nitroso groups, excluding NO2 is 1. The summed E-state index contributed by atoms with van der Waals surface area (Å²) in [4.78, 5) is 29.3. The lowest BCUT2D eigenvalue weighted by molar-refractivity contribution is 0.102. The van der Waals surface area contributed by atoms with Crippen LogP contribution in [0.15, 0.2) is 41.7 Å². The van der Waals surface area contributed by atoms with Crippen LogP contribution in [0.3, 0.4) is 0 Å². The highest BCUT2D eigenvalue weighted by molar-refractivity contribution is 6.08. The third kappa shape index (κ3) is 5.19. The quantitative estimate of drug-likeness (QED) is 0.460. The van der Waals surface area contributed by atoms with Crippen LogP contribution < -0.4 is 25.3 Å². The van der Waals surface area contributed by atoms with Crippen molar-refractivity contribution >= 4 is 28.7 Å². The van der Waals surface area contributed by atoms with Crippen LogP contribution >= 0.6 is 0 Å². The van der Waals surface area contributed by atoms with Gasteiger partial charge in [0.2, 0.25) is 0 Å². The fourth-order valence-corrected chi connectivity index (χ4v) is 4.26. The predicted octanol–water partition coefficient (Wildman–Crippen LogP) is 4.03. The maximum absolute atomic E-state index is 13.2. The second-order valence-electron chi connectivity index (χ2n) is 8.53. The van der Waals surface area contributed by atoms with Crippen molar-refractivity contribution in [2.45, 2.75) is 32.9 Å². The Balaban J connectivity index is 2.04. The number of para-hydroxylation sites is 1. The average Bonchev–Trinajstić information content (AvgIpc) is 2.83. The average molecular weight is 455 g/mol. The smallest absolute Gasteiger partial charge is 0.259 e. The predicted molar refractivity (Wildman–Crippen MR) is 135 cm³/mol. The Kier molecular flexibility index (Phi) is 7.75. The van der Waals surface area contributed by atoms with Gasteiger partial charge < -0.3 is 20.3 Å². The van der Waals surface area contributed by atoms with E-state index in [1.807, 2.05) is 12.1 Å². The SMILES string of the molecule is CNc1cc(N2CCN(C(C)C)CC2C)c(NC(=O)c2ccccc2OC)cc1N(C)N=O. The normalized spacial score (nSPS) is 16.5. The van der Waals surface area contributed by atoms with Crippen molar-refractivity contribution in [2.75, 3.05) is 61.4 Å². The van der Waals surface area contributed by atoms with Gasteiger partial charge in [0.25, 0.3) is 5.91 Å². The molecule has 1 amide bonds. The molecule has 9 nitrogen and oxygen atoms in total. The van der Waals surface area contributed by atoms with E-state index in [4.69, 9.17) is 4.74 Å². The monoisotopic (exact) mass is 454 g/mol. The molecule has 0 radical (unpaired) electrons. The fraction of sp³-hybridized carbons (Fsp3) is 0.458. The number of carbonyl (C=O) groups is 1. The number of hydrogen-bond acceptors (Lipinski definition) is 7. The minimum atomic E-state index is -0.285. The van der Waals surface area contributed by atoms with Crippen LogP contribution in [0.1, 0.15) is 31.1 Å². The molecule has 2 aromatic carbocycles. The maximum Gasteiger partial charge on any atom is 0.259 e. The summed E-state index contributed by atoms with van der Waals surface area (Å²) >= 11 is 0. The van der Waals surface area contributed by atoms with Crippen LogP contribution in [0.2, 0.25) is 0 Å². The standard InChI is InChI=1S/C24H34N6O3/c1-16(2)29-11-12-30(17(3)15-29)22-13-19(25-4)21(28(5)27-32)14-20(22)26-24(31)18-9-7-8-10-23(18)33-6/h7-10,13-14,16-17,25H,11-12,15H2,1-6H3,(H,26,31). The van der Waals surface area contributed by atoms with Crippen LogP contribution in [-0.4, -0.2) is 63.7 Å². The van der Waals surface area contributed by atoms with E-state index in [0.29, 0.717) is 28.7 Å². The van der Waals surface area contributed by atoms with E-state index >= 15 is 0 Å². The first-order valence-corrected chi connectivity index (χ1v) is 11.2. The summed E-state index contributed by atoms with van der Waals surface area (Å²) < 4.78 is 5.37. The second-order valence-corrected chi connectivity index (χ2v) is 8.53. The van der Waals surface area contributed by atoms with E-state index in [1.54, 1.807) is 38.4 Å². The number of benzene rings is 2. The number of anilines is 4. The number of methoxy groups -OCH3 is 1. The number of ether oxygens (including phenoxy) is 1. The molecule has 1 aliphatic rings. The zero-order chi connectivity index (χ0) is 24.1. The number of carbonyl (C=O) groups excluding carboxylic acids is 1. The summed E-state index contributed by atoms with van der Waals surface area (Å²) in [5.41, 5.74) is 3.26. The summed E-state index contributed by atoms with van der Waals surface area (Å²) in [6.07, 6.45) is 0. The molecular formula is C24H34N6O3. The minimum absolute atomic E-state index is 0.237. The zero-order valence-corrected chi connectivity index (χ0v) is 20.3. The lowest BCUT2D eigenvalue weighted by atomic mass is 10.1. The Labute approximate surface area is 195 Å². The third-order valence-electron chi connectivity index (χ3n) is 6.15. The van der Waals surface area contributed by atoms with E-state index in [-0.39, 0.29) is 11.9 Å². The number of piperazine rings is 1. The van der Waals surface area contributed by atoms with Gasteiger partial charge in [-0.1, -0.05) is 12.1 Å².